The van der Waals surface area contributed by atoms with Crippen molar-refractivity contribution in [3.8, 4) is 0 Å². The van der Waals surface area contributed by atoms with Gasteiger partial charge < -0.3 is 9.47 Å². The second-order valence-corrected chi connectivity index (χ2v) is 8.12. The normalized spacial score (nSPS) is 19.8. The van der Waals surface area contributed by atoms with Crippen LogP contribution in [0.4, 0.5) is 0 Å². The summed E-state index contributed by atoms with van der Waals surface area (Å²) < 4.78 is 4.87. The van der Waals surface area contributed by atoms with Crippen LogP contribution >= 0.6 is 23.6 Å². The van der Waals surface area contributed by atoms with E-state index >= 15 is 0 Å². The van der Waals surface area contributed by atoms with Crippen LogP contribution < -0.4 is 4.90 Å². The van der Waals surface area contributed by atoms with Crippen LogP contribution in [0.2, 0.25) is 0 Å². The maximum atomic E-state index is 5.65. The lowest BCUT2D eigenvalue weighted by Gasteiger charge is -2.30. The van der Waals surface area contributed by atoms with Crippen LogP contribution in [0.5, 0.6) is 0 Å². The summed E-state index contributed by atoms with van der Waals surface area (Å²) in [5.74, 6) is 1.02. The van der Waals surface area contributed by atoms with Gasteiger partial charge in [-0.2, -0.15) is 9.78 Å². The number of benzene rings is 1. The van der Waals surface area contributed by atoms with Crippen LogP contribution in [0.15, 0.2) is 41.8 Å². The summed E-state index contributed by atoms with van der Waals surface area (Å²) in [5, 5.41) is 7.05. The molecule has 6 heteroatoms. The Balaban J connectivity index is 1.56. The van der Waals surface area contributed by atoms with Gasteiger partial charge in [-0.1, -0.05) is 30.3 Å². The van der Waals surface area contributed by atoms with E-state index in [-0.39, 0.29) is 0 Å². The molecule has 1 aromatic carbocycles. The van der Waals surface area contributed by atoms with Crippen LogP contribution in [0, 0.1) is 4.77 Å². The highest BCUT2D eigenvalue weighted by Gasteiger charge is 2.29. The third-order valence-electron chi connectivity index (χ3n) is 5.22. The summed E-state index contributed by atoms with van der Waals surface area (Å²) >= 11 is 7.54. The van der Waals surface area contributed by atoms with E-state index in [0.29, 0.717) is 6.04 Å². The molecule has 2 atom stereocenters. The number of quaternary nitrogens is 1. The summed E-state index contributed by atoms with van der Waals surface area (Å²) in [6.45, 7) is 4.29. The van der Waals surface area contributed by atoms with Crippen LogP contribution in [-0.4, -0.2) is 20.9 Å². The van der Waals surface area contributed by atoms with E-state index in [1.807, 2.05) is 33.7 Å². The van der Waals surface area contributed by atoms with E-state index in [4.69, 9.17) is 17.3 Å². The average molecular weight is 372 g/mol. The Bertz CT molecular complexity index is 923. The number of hydrogen-bond donors (Lipinski definition) is 1. The summed E-state index contributed by atoms with van der Waals surface area (Å²) in [6, 6.07) is 13.2. The van der Waals surface area contributed by atoms with Crippen molar-refractivity contribution < 1.29 is 4.90 Å². The van der Waals surface area contributed by atoms with Gasteiger partial charge in [-0.25, -0.2) is 0 Å². The number of aromatic nitrogens is 3. The van der Waals surface area contributed by atoms with Gasteiger partial charge in [0, 0.05) is 30.3 Å². The minimum atomic E-state index is 0.497. The van der Waals surface area contributed by atoms with Gasteiger partial charge in [-0.15, -0.1) is 11.3 Å². The molecule has 1 N–H and O–H groups in total. The van der Waals surface area contributed by atoms with E-state index in [9.17, 15) is 0 Å². The minimum Gasteiger partial charge on any atom is -0.310 e. The zero-order chi connectivity index (χ0) is 17.4. The van der Waals surface area contributed by atoms with Gasteiger partial charge in [-0.05, 0) is 36.2 Å². The standard InChI is InChI=1S/C19H22N4S2/c1-14-16-9-11-25-17(16)8-10-22(14)13-23-19(24)21(2)18(20-23)12-15-6-4-3-5-7-15/h3-7,9,11,14H,8,10,12-13H2,1-2H3/p+1/t14-/m0/s1. The lowest BCUT2D eigenvalue weighted by atomic mass is 10.0. The van der Waals surface area contributed by atoms with Crippen LogP contribution in [-0.2, 0) is 26.6 Å². The van der Waals surface area contributed by atoms with Crippen molar-refractivity contribution >= 4 is 23.6 Å². The third kappa shape index (κ3) is 3.21. The molecule has 1 aliphatic heterocycles. The molecule has 0 amide bonds. The molecule has 4 nitrogen and oxygen atoms in total. The predicted molar refractivity (Wildman–Crippen MR) is 104 cm³/mol. The zero-order valence-corrected chi connectivity index (χ0v) is 16.2. The topological polar surface area (TPSA) is 27.2 Å². The van der Waals surface area contributed by atoms with Crippen molar-refractivity contribution in [2.75, 3.05) is 6.54 Å². The molecular formula is C19H23N4S2+. The molecule has 3 heterocycles. The Hall–Kier alpha value is -1.76. The second kappa shape index (κ2) is 6.86. The first-order chi connectivity index (χ1) is 12.1. The fourth-order valence-corrected chi connectivity index (χ4v) is 4.82. The van der Waals surface area contributed by atoms with Crippen LogP contribution in [0.25, 0.3) is 0 Å². The highest BCUT2D eigenvalue weighted by molar-refractivity contribution is 7.71. The third-order valence-corrected chi connectivity index (χ3v) is 6.70. The number of hydrogen-bond acceptors (Lipinski definition) is 3. The monoisotopic (exact) mass is 371 g/mol. The largest absolute Gasteiger partial charge is 0.310 e. The summed E-state index contributed by atoms with van der Waals surface area (Å²) in [5.41, 5.74) is 2.76. The van der Waals surface area contributed by atoms with Crippen molar-refractivity contribution in [3.05, 3.63) is 68.4 Å². The van der Waals surface area contributed by atoms with E-state index in [2.05, 4.69) is 42.6 Å². The van der Waals surface area contributed by atoms with Crippen molar-refractivity contribution in [2.45, 2.75) is 32.5 Å². The zero-order valence-electron chi connectivity index (χ0n) is 14.6. The first-order valence-electron chi connectivity index (χ1n) is 8.71. The van der Waals surface area contributed by atoms with Crippen LogP contribution in [0.1, 0.15) is 34.8 Å². The van der Waals surface area contributed by atoms with Gasteiger partial charge in [0.05, 0.1) is 6.54 Å². The van der Waals surface area contributed by atoms with Gasteiger partial charge in [0.2, 0.25) is 4.77 Å². The molecule has 25 heavy (non-hydrogen) atoms. The fourth-order valence-electron chi connectivity index (χ4n) is 3.63. The molecule has 0 bridgehead atoms. The molecule has 2 aromatic heterocycles. The van der Waals surface area contributed by atoms with Crippen molar-refractivity contribution in [1.29, 1.82) is 0 Å². The van der Waals surface area contributed by atoms with Gasteiger partial charge >= 0.3 is 0 Å². The molecular weight excluding hydrogens is 348 g/mol. The maximum absolute atomic E-state index is 5.65. The Morgan fingerprint density at radius 1 is 1.28 bits per heavy atom. The molecule has 3 aromatic rings. The Morgan fingerprint density at radius 3 is 2.88 bits per heavy atom. The molecule has 1 aliphatic rings. The number of fused-ring (bicyclic) bond motifs is 1. The van der Waals surface area contributed by atoms with E-state index in [1.165, 1.54) is 16.0 Å². The Labute approximate surface area is 157 Å². The molecule has 130 valence electrons. The number of thiophene rings is 1. The van der Waals surface area contributed by atoms with Gasteiger partial charge in [0.15, 0.2) is 6.67 Å². The molecule has 0 fully saturated rings. The maximum Gasteiger partial charge on any atom is 0.202 e. The first-order valence-corrected chi connectivity index (χ1v) is 9.99. The molecule has 0 saturated heterocycles. The smallest absolute Gasteiger partial charge is 0.202 e. The molecule has 0 saturated carbocycles. The quantitative estimate of drug-likeness (QED) is 0.714. The molecule has 0 spiro atoms. The number of rotatable bonds is 4. The molecule has 1 unspecified atom stereocenters. The highest BCUT2D eigenvalue weighted by atomic mass is 32.1. The summed E-state index contributed by atoms with van der Waals surface area (Å²) in [7, 11) is 2.02. The average Bonchev–Trinajstić information content (AvgIpc) is 3.20. The lowest BCUT2D eigenvalue weighted by molar-refractivity contribution is -0.954. The predicted octanol–water partition coefficient (Wildman–Crippen LogP) is 2.76. The number of nitrogens with zero attached hydrogens (tertiary/aromatic N) is 3. The van der Waals surface area contributed by atoms with Crippen LogP contribution in [0.3, 0.4) is 0 Å². The Morgan fingerprint density at radius 2 is 2.08 bits per heavy atom. The van der Waals surface area contributed by atoms with E-state index in [1.54, 1.807) is 4.88 Å². The Kier molecular flexibility index (Phi) is 4.58. The SMILES string of the molecule is C[C@H]1c2ccsc2CC[NH+]1Cn1nc(Cc2ccccc2)n(C)c1=S. The van der Waals surface area contributed by atoms with Gasteiger partial charge in [-0.3, -0.25) is 0 Å². The highest BCUT2D eigenvalue weighted by Crippen LogP contribution is 2.24. The van der Waals surface area contributed by atoms with Gasteiger partial charge in [0.1, 0.15) is 11.9 Å². The van der Waals surface area contributed by atoms with E-state index in [0.717, 1.165) is 36.7 Å². The first kappa shape index (κ1) is 16.7. The molecule has 4 rings (SSSR count). The number of nitrogens with one attached hydrogen (secondary N) is 1. The fraction of sp³-hybridized carbons (Fsp3) is 0.368. The lowest BCUT2D eigenvalue weighted by Crippen LogP contribution is -3.12. The minimum absolute atomic E-state index is 0.497. The molecule has 0 radical (unpaired) electrons. The van der Waals surface area contributed by atoms with Gasteiger partial charge in [0.25, 0.3) is 0 Å². The molecule has 0 aliphatic carbocycles. The van der Waals surface area contributed by atoms with Crippen molar-refractivity contribution in [1.82, 2.24) is 14.3 Å². The summed E-state index contributed by atoms with van der Waals surface area (Å²) in [4.78, 5) is 3.08. The van der Waals surface area contributed by atoms with Crippen molar-refractivity contribution in [2.24, 2.45) is 7.05 Å². The van der Waals surface area contributed by atoms with E-state index < -0.39 is 0 Å². The second-order valence-electron chi connectivity index (χ2n) is 6.76. The van der Waals surface area contributed by atoms with Crippen molar-refractivity contribution in [3.63, 3.8) is 0 Å². The summed E-state index contributed by atoms with van der Waals surface area (Å²) in [6.07, 6.45) is 1.97.